The average molecular weight is 141 g/mol. The Morgan fingerprint density at radius 1 is 1.70 bits per heavy atom. The summed E-state index contributed by atoms with van der Waals surface area (Å²) in [4.78, 5) is 11.1. The highest BCUT2D eigenvalue weighted by Gasteiger charge is 2.40. The van der Waals surface area contributed by atoms with Crippen LogP contribution in [0.1, 0.15) is 26.2 Å². The molecular formula is C8H15NO. The molecule has 0 bridgehead atoms. The summed E-state index contributed by atoms with van der Waals surface area (Å²) in [6, 6.07) is 0. The second-order valence-corrected chi connectivity index (χ2v) is 3.05. The molecule has 2 atom stereocenters. The van der Waals surface area contributed by atoms with Gasteiger partial charge in [0.05, 0.1) is 0 Å². The molecule has 0 spiro atoms. The highest BCUT2D eigenvalue weighted by molar-refractivity contribution is 5.83. The molecule has 1 aliphatic carbocycles. The number of ketones is 1. The van der Waals surface area contributed by atoms with Crippen molar-refractivity contribution in [1.29, 1.82) is 0 Å². The van der Waals surface area contributed by atoms with Crippen molar-refractivity contribution in [2.75, 3.05) is 6.54 Å². The van der Waals surface area contributed by atoms with E-state index in [9.17, 15) is 4.79 Å². The Morgan fingerprint density at radius 3 is 2.80 bits per heavy atom. The third kappa shape index (κ3) is 1.57. The number of nitrogens with two attached hydrogens (primary N) is 1. The van der Waals surface area contributed by atoms with Crippen LogP contribution in [0.4, 0.5) is 0 Å². The molecule has 2 N–H and O–H groups in total. The highest BCUT2D eigenvalue weighted by Crippen LogP contribution is 2.38. The first kappa shape index (κ1) is 7.73. The molecule has 2 heteroatoms. The molecule has 0 amide bonds. The molecule has 0 aromatic heterocycles. The lowest BCUT2D eigenvalue weighted by molar-refractivity contribution is -0.120. The van der Waals surface area contributed by atoms with Gasteiger partial charge < -0.3 is 5.73 Å². The smallest absolute Gasteiger partial charge is 0.136 e. The van der Waals surface area contributed by atoms with Gasteiger partial charge in [-0.25, -0.2) is 0 Å². The maximum atomic E-state index is 11.1. The molecule has 10 heavy (non-hydrogen) atoms. The molecule has 1 aliphatic rings. The maximum absolute atomic E-state index is 11.1. The summed E-state index contributed by atoms with van der Waals surface area (Å²) < 4.78 is 0. The van der Waals surface area contributed by atoms with Gasteiger partial charge in [-0.15, -0.1) is 0 Å². The van der Waals surface area contributed by atoms with Gasteiger partial charge in [-0.3, -0.25) is 4.79 Å². The Kier molecular flexibility index (Phi) is 2.44. The van der Waals surface area contributed by atoms with E-state index in [-0.39, 0.29) is 0 Å². The molecule has 0 unspecified atom stereocenters. The van der Waals surface area contributed by atoms with Crippen molar-refractivity contribution in [1.82, 2.24) is 0 Å². The number of carbonyl (C=O) groups excluding carboxylic acids is 1. The fraction of sp³-hybridized carbons (Fsp3) is 0.875. The van der Waals surface area contributed by atoms with E-state index in [0.717, 1.165) is 19.3 Å². The minimum atomic E-state index is 0.338. The van der Waals surface area contributed by atoms with Gasteiger partial charge in [0.15, 0.2) is 0 Å². The first-order valence-electron chi connectivity index (χ1n) is 4.02. The lowest BCUT2D eigenvalue weighted by atomic mass is 10.1. The van der Waals surface area contributed by atoms with Crippen molar-refractivity contribution in [3.8, 4) is 0 Å². The van der Waals surface area contributed by atoms with E-state index in [4.69, 9.17) is 5.73 Å². The van der Waals surface area contributed by atoms with Crippen molar-refractivity contribution in [2.24, 2.45) is 17.6 Å². The molecule has 0 saturated heterocycles. The number of carbonyl (C=O) groups is 1. The van der Waals surface area contributed by atoms with Gasteiger partial charge in [0, 0.05) is 12.3 Å². The van der Waals surface area contributed by atoms with Gasteiger partial charge in [0.25, 0.3) is 0 Å². The summed E-state index contributed by atoms with van der Waals surface area (Å²) in [7, 11) is 0. The summed E-state index contributed by atoms with van der Waals surface area (Å²) in [5, 5.41) is 0. The normalized spacial score (nSPS) is 30.2. The molecule has 0 aromatic rings. The number of Topliss-reactive ketones (excluding diaryl/α,β-unsaturated/α-hetero) is 1. The van der Waals surface area contributed by atoms with Crippen molar-refractivity contribution in [3.63, 3.8) is 0 Å². The predicted molar refractivity (Wildman–Crippen MR) is 40.6 cm³/mol. The molecule has 1 fully saturated rings. The van der Waals surface area contributed by atoms with Crippen molar-refractivity contribution in [3.05, 3.63) is 0 Å². The van der Waals surface area contributed by atoms with E-state index in [1.165, 1.54) is 0 Å². The van der Waals surface area contributed by atoms with Gasteiger partial charge >= 0.3 is 0 Å². The lowest BCUT2D eigenvalue weighted by Crippen LogP contribution is -2.07. The SMILES string of the molecule is CCCC(=O)[C@@H]1C[C@@H]1CN. The van der Waals surface area contributed by atoms with Gasteiger partial charge in [-0.05, 0) is 25.3 Å². The predicted octanol–water partition coefficient (Wildman–Crippen LogP) is 0.950. The molecule has 2 nitrogen and oxygen atoms in total. The summed E-state index contributed by atoms with van der Waals surface area (Å²) in [6.45, 7) is 2.73. The monoisotopic (exact) mass is 141 g/mol. The molecule has 0 heterocycles. The minimum Gasteiger partial charge on any atom is -0.330 e. The molecule has 1 saturated carbocycles. The van der Waals surface area contributed by atoms with Crippen molar-refractivity contribution >= 4 is 5.78 Å². The first-order valence-corrected chi connectivity index (χ1v) is 4.02. The van der Waals surface area contributed by atoms with Gasteiger partial charge in [0.2, 0.25) is 0 Å². The van der Waals surface area contributed by atoms with Crippen molar-refractivity contribution in [2.45, 2.75) is 26.2 Å². The van der Waals surface area contributed by atoms with Crippen LogP contribution in [0.5, 0.6) is 0 Å². The zero-order valence-corrected chi connectivity index (χ0v) is 6.47. The van der Waals surface area contributed by atoms with Gasteiger partial charge in [0.1, 0.15) is 5.78 Å². The molecule has 1 rings (SSSR count). The Labute approximate surface area is 61.8 Å². The molecule has 0 aromatic carbocycles. The zero-order chi connectivity index (χ0) is 7.56. The van der Waals surface area contributed by atoms with Crippen LogP contribution in [0.3, 0.4) is 0 Å². The highest BCUT2D eigenvalue weighted by atomic mass is 16.1. The van der Waals surface area contributed by atoms with E-state index in [1.54, 1.807) is 0 Å². The molecule has 58 valence electrons. The average Bonchev–Trinajstić information content (AvgIpc) is 2.66. The van der Waals surface area contributed by atoms with Crippen LogP contribution in [-0.4, -0.2) is 12.3 Å². The lowest BCUT2D eigenvalue weighted by Gasteiger charge is -1.93. The molecular weight excluding hydrogens is 126 g/mol. The van der Waals surface area contributed by atoms with Gasteiger partial charge in [-0.1, -0.05) is 6.92 Å². The van der Waals surface area contributed by atoms with E-state index >= 15 is 0 Å². The fourth-order valence-corrected chi connectivity index (χ4v) is 1.33. The second kappa shape index (κ2) is 3.15. The topological polar surface area (TPSA) is 43.1 Å². The van der Waals surface area contributed by atoms with Crippen molar-refractivity contribution < 1.29 is 4.79 Å². The van der Waals surface area contributed by atoms with Crippen LogP contribution in [0.25, 0.3) is 0 Å². The van der Waals surface area contributed by atoms with E-state index in [0.29, 0.717) is 24.2 Å². The number of hydrogen-bond donors (Lipinski definition) is 1. The fourth-order valence-electron chi connectivity index (χ4n) is 1.33. The minimum absolute atomic E-state index is 0.338. The van der Waals surface area contributed by atoms with E-state index in [1.807, 2.05) is 6.92 Å². The van der Waals surface area contributed by atoms with Crippen LogP contribution >= 0.6 is 0 Å². The number of hydrogen-bond acceptors (Lipinski definition) is 2. The van der Waals surface area contributed by atoms with Crippen LogP contribution in [0.2, 0.25) is 0 Å². The quantitative estimate of drug-likeness (QED) is 0.633. The summed E-state index contributed by atoms with van der Waals surface area (Å²) >= 11 is 0. The van der Waals surface area contributed by atoms with Gasteiger partial charge in [-0.2, -0.15) is 0 Å². The van der Waals surface area contributed by atoms with Crippen LogP contribution in [0.15, 0.2) is 0 Å². The van der Waals surface area contributed by atoms with Crippen LogP contribution in [0, 0.1) is 11.8 Å². The summed E-state index contributed by atoms with van der Waals surface area (Å²) in [5.74, 6) is 1.29. The second-order valence-electron chi connectivity index (χ2n) is 3.05. The third-order valence-electron chi connectivity index (χ3n) is 2.14. The van der Waals surface area contributed by atoms with Crippen LogP contribution in [-0.2, 0) is 4.79 Å². The van der Waals surface area contributed by atoms with E-state index in [2.05, 4.69) is 0 Å². The Bertz CT molecular complexity index is 133. The number of rotatable bonds is 4. The largest absolute Gasteiger partial charge is 0.330 e. The maximum Gasteiger partial charge on any atom is 0.136 e. The summed E-state index contributed by atoms with van der Waals surface area (Å²) in [5.41, 5.74) is 5.41. The zero-order valence-electron chi connectivity index (χ0n) is 6.47. The standard InChI is InChI=1S/C8H15NO/c1-2-3-8(10)7-4-6(7)5-9/h6-7H,2-5,9H2,1H3/t6-,7-/m1/s1. The first-order chi connectivity index (χ1) is 4.79. The van der Waals surface area contributed by atoms with E-state index < -0.39 is 0 Å². The molecule has 0 radical (unpaired) electrons. The summed E-state index contributed by atoms with van der Waals surface area (Å²) in [6.07, 6.45) is 2.78. The Balaban J connectivity index is 2.19. The molecule has 0 aliphatic heterocycles. The third-order valence-corrected chi connectivity index (χ3v) is 2.14. The van der Waals surface area contributed by atoms with Crippen LogP contribution < -0.4 is 5.73 Å². The Hall–Kier alpha value is -0.370. The Morgan fingerprint density at radius 2 is 2.40 bits per heavy atom.